The van der Waals surface area contributed by atoms with Crippen LogP contribution in [0.2, 0.25) is 0 Å². The van der Waals surface area contributed by atoms with Crippen LogP contribution < -0.4 is 15.5 Å². The number of oxazole rings is 1. The van der Waals surface area contributed by atoms with Gasteiger partial charge in [0.2, 0.25) is 5.89 Å². The van der Waals surface area contributed by atoms with Crippen LogP contribution >= 0.6 is 24.0 Å². The first-order chi connectivity index (χ1) is 14.5. The molecule has 31 heavy (non-hydrogen) atoms. The Kier molecular flexibility index (Phi) is 10.6. The van der Waals surface area contributed by atoms with Gasteiger partial charge in [-0.15, -0.1) is 24.0 Å². The molecule has 0 amide bonds. The Morgan fingerprint density at radius 3 is 2.55 bits per heavy atom. The van der Waals surface area contributed by atoms with Crippen molar-refractivity contribution in [2.24, 2.45) is 4.99 Å². The van der Waals surface area contributed by atoms with Crippen molar-refractivity contribution in [3.63, 3.8) is 0 Å². The molecule has 8 heteroatoms. The van der Waals surface area contributed by atoms with Crippen LogP contribution in [0, 0.1) is 20.8 Å². The van der Waals surface area contributed by atoms with E-state index in [4.69, 9.17) is 4.42 Å². The highest BCUT2D eigenvalue weighted by molar-refractivity contribution is 14.0. The number of anilines is 1. The van der Waals surface area contributed by atoms with Gasteiger partial charge in [0.1, 0.15) is 12.3 Å². The Morgan fingerprint density at radius 2 is 1.90 bits per heavy atom. The summed E-state index contributed by atoms with van der Waals surface area (Å²) < 4.78 is 5.61. The third-order valence-electron chi connectivity index (χ3n) is 5.47. The van der Waals surface area contributed by atoms with Crippen LogP contribution in [-0.2, 0) is 6.54 Å². The van der Waals surface area contributed by atoms with E-state index in [9.17, 15) is 0 Å². The smallest absolute Gasteiger partial charge is 0.216 e. The third kappa shape index (κ3) is 7.99. The number of aliphatic imine (C=N–C) groups is 1. The zero-order valence-corrected chi connectivity index (χ0v) is 21.6. The Balaban J connectivity index is 0.00000341. The highest BCUT2D eigenvalue weighted by Crippen LogP contribution is 2.17. The van der Waals surface area contributed by atoms with Crippen LogP contribution in [0.5, 0.6) is 0 Å². The number of hydrogen-bond acceptors (Lipinski definition) is 5. The second-order valence-electron chi connectivity index (χ2n) is 7.89. The number of aromatic nitrogens is 1. The molecule has 0 atom stereocenters. The lowest BCUT2D eigenvalue weighted by Gasteiger charge is -2.36. The largest absolute Gasteiger partial charge is 0.444 e. The fourth-order valence-electron chi connectivity index (χ4n) is 3.66. The van der Waals surface area contributed by atoms with Crippen LogP contribution in [0.4, 0.5) is 5.69 Å². The summed E-state index contributed by atoms with van der Waals surface area (Å²) in [6.45, 7) is 15.8. The molecule has 1 fully saturated rings. The molecule has 2 N–H and O–H groups in total. The standard InChI is InChI=1S/C23H36N6O.HI/c1-5-24-23(26-17-22-27-19(3)20(4)30-22)25-10-7-11-28-12-14-29(15-13-28)21-9-6-8-18(2)16-21;/h6,8-9,16H,5,7,10-15,17H2,1-4H3,(H2,24,25,26);1H. The van der Waals surface area contributed by atoms with Gasteiger partial charge in [0.15, 0.2) is 5.96 Å². The van der Waals surface area contributed by atoms with E-state index in [2.05, 4.69) is 68.5 Å². The lowest BCUT2D eigenvalue weighted by Crippen LogP contribution is -2.47. The molecular weight excluding hydrogens is 503 g/mol. The van der Waals surface area contributed by atoms with Gasteiger partial charge < -0.3 is 20.0 Å². The molecule has 7 nitrogen and oxygen atoms in total. The van der Waals surface area contributed by atoms with Gasteiger partial charge in [-0.05, 0) is 58.4 Å². The van der Waals surface area contributed by atoms with Crippen LogP contribution in [0.15, 0.2) is 33.7 Å². The minimum absolute atomic E-state index is 0. The number of hydrogen-bond donors (Lipinski definition) is 2. The number of piperazine rings is 1. The summed E-state index contributed by atoms with van der Waals surface area (Å²) in [5, 5.41) is 6.72. The maximum atomic E-state index is 5.61. The predicted molar refractivity (Wildman–Crippen MR) is 139 cm³/mol. The van der Waals surface area contributed by atoms with E-state index in [1.165, 1.54) is 11.3 Å². The molecular formula is C23H37IN6O. The minimum Gasteiger partial charge on any atom is -0.444 e. The number of halogens is 1. The number of benzene rings is 1. The number of rotatable bonds is 8. The van der Waals surface area contributed by atoms with Crippen LogP contribution in [0.3, 0.4) is 0 Å². The van der Waals surface area contributed by atoms with E-state index in [-0.39, 0.29) is 24.0 Å². The van der Waals surface area contributed by atoms with Gasteiger partial charge in [0, 0.05) is 45.0 Å². The molecule has 0 aliphatic carbocycles. The monoisotopic (exact) mass is 540 g/mol. The average Bonchev–Trinajstić information content (AvgIpc) is 3.07. The molecule has 1 aliphatic rings. The summed E-state index contributed by atoms with van der Waals surface area (Å²) >= 11 is 0. The second kappa shape index (κ2) is 12.9. The van der Waals surface area contributed by atoms with Gasteiger partial charge in [-0.2, -0.15) is 0 Å². The molecule has 0 spiro atoms. The van der Waals surface area contributed by atoms with Gasteiger partial charge >= 0.3 is 0 Å². The van der Waals surface area contributed by atoms with E-state index >= 15 is 0 Å². The Hall–Kier alpha value is -1.81. The van der Waals surface area contributed by atoms with Crippen LogP contribution in [-0.4, -0.2) is 61.7 Å². The minimum atomic E-state index is 0. The third-order valence-corrected chi connectivity index (χ3v) is 5.47. The highest BCUT2D eigenvalue weighted by Gasteiger charge is 2.16. The molecule has 172 valence electrons. The Morgan fingerprint density at radius 1 is 1.13 bits per heavy atom. The van der Waals surface area contributed by atoms with E-state index in [1.54, 1.807) is 0 Å². The molecule has 1 aliphatic heterocycles. The maximum Gasteiger partial charge on any atom is 0.216 e. The number of aryl methyl sites for hydroxylation is 3. The molecule has 0 saturated carbocycles. The summed E-state index contributed by atoms with van der Waals surface area (Å²) in [6, 6.07) is 8.80. The van der Waals surface area contributed by atoms with Crippen LogP contribution in [0.25, 0.3) is 0 Å². The van der Waals surface area contributed by atoms with E-state index in [0.717, 1.165) is 69.6 Å². The van der Waals surface area contributed by atoms with Crippen molar-refractivity contribution >= 4 is 35.6 Å². The molecule has 1 aromatic carbocycles. The molecule has 2 aromatic rings. The summed E-state index contributed by atoms with van der Waals surface area (Å²) in [5.41, 5.74) is 3.60. The van der Waals surface area contributed by atoms with Gasteiger partial charge in [-0.1, -0.05) is 12.1 Å². The summed E-state index contributed by atoms with van der Waals surface area (Å²) in [6.07, 6.45) is 1.09. The number of nitrogens with one attached hydrogen (secondary N) is 2. The summed E-state index contributed by atoms with van der Waals surface area (Å²) in [4.78, 5) is 14.0. The quantitative estimate of drug-likeness (QED) is 0.231. The number of nitrogens with zero attached hydrogens (tertiary/aromatic N) is 4. The summed E-state index contributed by atoms with van der Waals surface area (Å²) in [5.74, 6) is 2.34. The summed E-state index contributed by atoms with van der Waals surface area (Å²) in [7, 11) is 0. The lowest BCUT2D eigenvalue weighted by molar-refractivity contribution is 0.255. The van der Waals surface area contributed by atoms with Gasteiger partial charge in [0.25, 0.3) is 0 Å². The van der Waals surface area contributed by atoms with Gasteiger partial charge in [-0.25, -0.2) is 9.98 Å². The van der Waals surface area contributed by atoms with E-state index in [1.807, 2.05) is 13.8 Å². The first-order valence-corrected chi connectivity index (χ1v) is 11.0. The molecule has 0 bridgehead atoms. The Labute approximate surface area is 203 Å². The molecule has 3 rings (SSSR count). The fraction of sp³-hybridized carbons (Fsp3) is 0.565. The van der Waals surface area contributed by atoms with E-state index < -0.39 is 0 Å². The fourth-order valence-corrected chi connectivity index (χ4v) is 3.66. The lowest BCUT2D eigenvalue weighted by atomic mass is 10.2. The van der Waals surface area contributed by atoms with Crippen molar-refractivity contribution in [1.29, 1.82) is 0 Å². The van der Waals surface area contributed by atoms with Crippen molar-refractivity contribution in [1.82, 2.24) is 20.5 Å². The highest BCUT2D eigenvalue weighted by atomic mass is 127. The zero-order chi connectivity index (χ0) is 21.3. The normalized spacial score (nSPS) is 15.0. The Bertz CT molecular complexity index is 810. The SMILES string of the molecule is CCNC(=NCc1nc(C)c(C)o1)NCCCN1CCN(c2cccc(C)c2)CC1.I. The van der Waals surface area contributed by atoms with Crippen LogP contribution in [0.1, 0.15) is 36.3 Å². The number of guanidine groups is 1. The topological polar surface area (TPSA) is 68.9 Å². The van der Waals surface area contributed by atoms with E-state index in [0.29, 0.717) is 12.4 Å². The predicted octanol–water partition coefficient (Wildman–Crippen LogP) is 3.49. The first kappa shape index (κ1) is 25.5. The van der Waals surface area contributed by atoms with Gasteiger partial charge in [-0.3, -0.25) is 4.90 Å². The molecule has 0 unspecified atom stereocenters. The molecule has 0 radical (unpaired) electrons. The molecule has 1 aromatic heterocycles. The van der Waals surface area contributed by atoms with Crippen molar-refractivity contribution in [2.45, 2.75) is 40.7 Å². The van der Waals surface area contributed by atoms with Crippen molar-refractivity contribution in [3.8, 4) is 0 Å². The van der Waals surface area contributed by atoms with Crippen molar-refractivity contribution in [3.05, 3.63) is 47.2 Å². The second-order valence-corrected chi connectivity index (χ2v) is 7.89. The first-order valence-electron chi connectivity index (χ1n) is 11.0. The van der Waals surface area contributed by atoms with Crippen molar-refractivity contribution < 1.29 is 4.42 Å². The van der Waals surface area contributed by atoms with Crippen molar-refractivity contribution in [2.75, 3.05) is 50.7 Å². The zero-order valence-electron chi connectivity index (χ0n) is 19.3. The van der Waals surface area contributed by atoms with Gasteiger partial charge in [0.05, 0.1) is 5.69 Å². The average molecular weight is 540 g/mol. The maximum absolute atomic E-state index is 5.61. The molecule has 2 heterocycles. The molecule has 1 saturated heterocycles.